The fraction of sp³-hybridized carbons (Fsp3) is 0.444. The first-order valence-electron chi connectivity index (χ1n) is 4.73. The van der Waals surface area contributed by atoms with E-state index in [1.165, 1.54) is 6.26 Å². The van der Waals surface area contributed by atoms with E-state index in [9.17, 15) is 5.11 Å². The van der Waals surface area contributed by atoms with Gasteiger partial charge in [-0.25, -0.2) is 0 Å². The van der Waals surface area contributed by atoms with Gasteiger partial charge in [0.15, 0.2) is 5.69 Å². The molecule has 0 radical (unpaired) electrons. The average molecular weight is 209 g/mol. The standard InChI is InChI=1S/C9H11N3O3/c1-2-3-7(13)8-10-9(15-12-8)6-4-5-14-11-6/h4-5,7,13H,2-3H2,1H3. The first-order valence-corrected chi connectivity index (χ1v) is 4.73. The van der Waals surface area contributed by atoms with Crippen molar-refractivity contribution in [2.45, 2.75) is 25.9 Å². The van der Waals surface area contributed by atoms with Gasteiger partial charge in [-0.05, 0) is 6.42 Å². The van der Waals surface area contributed by atoms with Gasteiger partial charge < -0.3 is 14.2 Å². The van der Waals surface area contributed by atoms with Crippen molar-refractivity contribution in [3.8, 4) is 11.6 Å². The molecule has 0 fully saturated rings. The predicted octanol–water partition coefficient (Wildman–Crippen LogP) is 1.56. The number of rotatable bonds is 4. The minimum atomic E-state index is -0.681. The Morgan fingerprint density at radius 2 is 2.33 bits per heavy atom. The van der Waals surface area contributed by atoms with Gasteiger partial charge in [0.25, 0.3) is 5.89 Å². The van der Waals surface area contributed by atoms with E-state index < -0.39 is 6.10 Å². The predicted molar refractivity (Wildman–Crippen MR) is 49.7 cm³/mol. The van der Waals surface area contributed by atoms with E-state index in [0.717, 1.165) is 6.42 Å². The number of nitrogens with zero attached hydrogens (tertiary/aromatic N) is 3. The first-order chi connectivity index (χ1) is 7.31. The van der Waals surface area contributed by atoms with Crippen molar-refractivity contribution in [1.29, 1.82) is 0 Å². The van der Waals surface area contributed by atoms with Gasteiger partial charge >= 0.3 is 0 Å². The molecule has 0 aliphatic carbocycles. The van der Waals surface area contributed by atoms with Crippen LogP contribution in [0.15, 0.2) is 21.4 Å². The summed E-state index contributed by atoms with van der Waals surface area (Å²) in [4.78, 5) is 4.02. The molecule has 0 aliphatic rings. The normalized spacial score (nSPS) is 12.9. The minimum absolute atomic E-state index is 0.258. The van der Waals surface area contributed by atoms with Crippen LogP contribution in [0.2, 0.25) is 0 Å². The first kappa shape index (κ1) is 9.85. The third-order valence-corrected chi connectivity index (χ3v) is 1.96. The molecule has 1 atom stereocenters. The maximum absolute atomic E-state index is 9.60. The zero-order valence-electron chi connectivity index (χ0n) is 8.25. The Hall–Kier alpha value is -1.69. The molecular formula is C9H11N3O3. The van der Waals surface area contributed by atoms with Gasteiger partial charge in [-0.15, -0.1) is 0 Å². The minimum Gasteiger partial charge on any atom is -0.385 e. The van der Waals surface area contributed by atoms with Crippen LogP contribution in [-0.2, 0) is 0 Å². The highest BCUT2D eigenvalue weighted by Crippen LogP contribution is 2.19. The molecule has 0 amide bonds. The van der Waals surface area contributed by atoms with Crippen LogP contribution in [0.1, 0.15) is 31.7 Å². The SMILES string of the molecule is CCCC(O)c1noc(-c2ccon2)n1. The van der Waals surface area contributed by atoms with E-state index in [4.69, 9.17) is 4.52 Å². The number of aliphatic hydroxyl groups is 1. The Morgan fingerprint density at radius 3 is 3.00 bits per heavy atom. The van der Waals surface area contributed by atoms with Crippen LogP contribution in [0.5, 0.6) is 0 Å². The summed E-state index contributed by atoms with van der Waals surface area (Å²) in [5, 5.41) is 16.9. The zero-order valence-corrected chi connectivity index (χ0v) is 8.25. The number of hydrogen-bond donors (Lipinski definition) is 1. The van der Waals surface area contributed by atoms with Gasteiger partial charge in [0, 0.05) is 6.07 Å². The highest BCUT2D eigenvalue weighted by Gasteiger charge is 2.16. The van der Waals surface area contributed by atoms with Gasteiger partial charge in [0.1, 0.15) is 12.4 Å². The van der Waals surface area contributed by atoms with Crippen molar-refractivity contribution < 1.29 is 14.2 Å². The molecule has 0 saturated carbocycles. The third kappa shape index (κ3) is 2.04. The summed E-state index contributed by atoms with van der Waals surface area (Å²) in [6.45, 7) is 1.97. The van der Waals surface area contributed by atoms with Crippen molar-refractivity contribution >= 4 is 0 Å². The lowest BCUT2D eigenvalue weighted by molar-refractivity contribution is 0.153. The molecule has 2 aromatic heterocycles. The number of aliphatic hydroxyl groups excluding tert-OH is 1. The van der Waals surface area contributed by atoms with Gasteiger partial charge in [-0.3, -0.25) is 0 Å². The molecule has 0 aliphatic heterocycles. The van der Waals surface area contributed by atoms with Crippen molar-refractivity contribution in [2.24, 2.45) is 0 Å². The van der Waals surface area contributed by atoms with E-state index in [1.807, 2.05) is 6.92 Å². The topological polar surface area (TPSA) is 85.2 Å². The number of aromatic nitrogens is 3. The van der Waals surface area contributed by atoms with E-state index in [0.29, 0.717) is 12.1 Å². The zero-order chi connectivity index (χ0) is 10.7. The molecule has 1 N–H and O–H groups in total. The summed E-state index contributed by atoms with van der Waals surface area (Å²) in [6, 6.07) is 1.61. The van der Waals surface area contributed by atoms with Crippen LogP contribution in [0.4, 0.5) is 0 Å². The second-order valence-corrected chi connectivity index (χ2v) is 3.15. The molecule has 2 aromatic rings. The Morgan fingerprint density at radius 1 is 1.47 bits per heavy atom. The van der Waals surface area contributed by atoms with Crippen LogP contribution >= 0.6 is 0 Å². The summed E-state index contributed by atoms with van der Waals surface area (Å²) < 4.78 is 9.58. The Balaban J connectivity index is 2.17. The van der Waals surface area contributed by atoms with Gasteiger partial charge in [-0.1, -0.05) is 23.7 Å². The van der Waals surface area contributed by atoms with Crippen molar-refractivity contribution in [3.05, 3.63) is 18.2 Å². The van der Waals surface area contributed by atoms with Crippen molar-refractivity contribution in [3.63, 3.8) is 0 Å². The molecule has 2 rings (SSSR count). The van der Waals surface area contributed by atoms with Crippen molar-refractivity contribution in [2.75, 3.05) is 0 Å². The summed E-state index contributed by atoms with van der Waals surface area (Å²) in [5.74, 6) is 0.545. The fourth-order valence-electron chi connectivity index (χ4n) is 1.20. The maximum atomic E-state index is 9.60. The molecule has 0 aromatic carbocycles. The summed E-state index contributed by atoms with van der Waals surface area (Å²) in [7, 11) is 0. The lowest BCUT2D eigenvalue weighted by atomic mass is 10.2. The van der Waals surface area contributed by atoms with E-state index >= 15 is 0 Å². The van der Waals surface area contributed by atoms with E-state index in [-0.39, 0.29) is 11.7 Å². The molecule has 0 saturated heterocycles. The Bertz CT molecular complexity index is 410. The third-order valence-electron chi connectivity index (χ3n) is 1.96. The number of hydrogen-bond acceptors (Lipinski definition) is 6. The summed E-state index contributed by atoms with van der Waals surface area (Å²) in [5.41, 5.74) is 0.470. The maximum Gasteiger partial charge on any atom is 0.280 e. The quantitative estimate of drug-likeness (QED) is 0.822. The highest BCUT2D eigenvalue weighted by molar-refractivity contribution is 5.43. The summed E-state index contributed by atoms with van der Waals surface area (Å²) >= 11 is 0. The van der Waals surface area contributed by atoms with Crippen LogP contribution in [0.25, 0.3) is 11.6 Å². The molecule has 80 valence electrons. The largest absolute Gasteiger partial charge is 0.385 e. The molecule has 6 heteroatoms. The molecule has 15 heavy (non-hydrogen) atoms. The van der Waals surface area contributed by atoms with Crippen LogP contribution in [0, 0.1) is 0 Å². The van der Waals surface area contributed by atoms with Crippen molar-refractivity contribution in [1.82, 2.24) is 15.3 Å². The van der Waals surface area contributed by atoms with Crippen LogP contribution < -0.4 is 0 Å². The van der Waals surface area contributed by atoms with Gasteiger partial charge in [0.2, 0.25) is 5.82 Å². The molecule has 6 nitrogen and oxygen atoms in total. The van der Waals surface area contributed by atoms with E-state index in [1.54, 1.807) is 6.07 Å². The van der Waals surface area contributed by atoms with E-state index in [2.05, 4.69) is 19.8 Å². The Kier molecular flexibility index (Phi) is 2.77. The second kappa shape index (κ2) is 4.22. The fourth-order valence-corrected chi connectivity index (χ4v) is 1.20. The lowest BCUT2D eigenvalue weighted by Gasteiger charge is -2.00. The molecular weight excluding hydrogens is 198 g/mol. The molecule has 0 bridgehead atoms. The monoisotopic (exact) mass is 209 g/mol. The highest BCUT2D eigenvalue weighted by atomic mass is 16.5. The second-order valence-electron chi connectivity index (χ2n) is 3.15. The summed E-state index contributed by atoms with van der Waals surface area (Å²) in [6.07, 6.45) is 2.20. The van der Waals surface area contributed by atoms with Gasteiger partial charge in [0.05, 0.1) is 0 Å². The van der Waals surface area contributed by atoms with Crippen LogP contribution in [-0.4, -0.2) is 20.4 Å². The lowest BCUT2D eigenvalue weighted by Crippen LogP contribution is -1.98. The average Bonchev–Trinajstić information content (AvgIpc) is 2.89. The molecule has 1 unspecified atom stereocenters. The van der Waals surface area contributed by atoms with Crippen LogP contribution in [0.3, 0.4) is 0 Å². The smallest absolute Gasteiger partial charge is 0.280 e. The molecule has 2 heterocycles. The van der Waals surface area contributed by atoms with Gasteiger partial charge in [-0.2, -0.15) is 4.98 Å². The Labute approximate surface area is 85.9 Å². The molecule has 0 spiro atoms.